The Morgan fingerprint density at radius 2 is 1.45 bits per heavy atom. The highest BCUT2D eigenvalue weighted by Gasteiger charge is 2.21. The first-order valence-electron chi connectivity index (χ1n) is 7.22. The molecule has 0 fully saturated rings. The van der Waals surface area contributed by atoms with Gasteiger partial charge in [0.05, 0.1) is 5.92 Å². The van der Waals surface area contributed by atoms with Crippen molar-refractivity contribution in [2.75, 3.05) is 0 Å². The van der Waals surface area contributed by atoms with Crippen LogP contribution in [-0.4, -0.2) is 17.0 Å². The van der Waals surface area contributed by atoms with E-state index in [-0.39, 0.29) is 12.3 Å². The molecule has 22 heavy (non-hydrogen) atoms. The first-order chi connectivity index (χ1) is 10.6. The van der Waals surface area contributed by atoms with Gasteiger partial charge in [-0.1, -0.05) is 60.7 Å². The van der Waals surface area contributed by atoms with Crippen LogP contribution in [0.1, 0.15) is 17.5 Å². The maximum atomic E-state index is 11.9. The summed E-state index contributed by atoms with van der Waals surface area (Å²) in [7, 11) is 0. The van der Waals surface area contributed by atoms with Gasteiger partial charge in [0.1, 0.15) is 0 Å². The fraction of sp³-hybridized carbons (Fsp3) is 0.222. The average Bonchev–Trinajstić information content (AvgIpc) is 2.54. The first kappa shape index (κ1) is 15.8. The van der Waals surface area contributed by atoms with Crippen LogP contribution in [0.5, 0.6) is 0 Å². The zero-order valence-corrected chi connectivity index (χ0v) is 12.2. The van der Waals surface area contributed by atoms with Gasteiger partial charge in [0.15, 0.2) is 0 Å². The van der Waals surface area contributed by atoms with E-state index in [9.17, 15) is 14.7 Å². The number of benzene rings is 2. The van der Waals surface area contributed by atoms with E-state index in [0.29, 0.717) is 13.0 Å². The van der Waals surface area contributed by atoms with Gasteiger partial charge >= 0.3 is 5.97 Å². The molecule has 2 aromatic carbocycles. The molecule has 0 radical (unpaired) electrons. The van der Waals surface area contributed by atoms with E-state index in [1.165, 1.54) is 0 Å². The molecule has 1 atom stereocenters. The van der Waals surface area contributed by atoms with Crippen molar-refractivity contribution < 1.29 is 14.7 Å². The summed E-state index contributed by atoms with van der Waals surface area (Å²) >= 11 is 0. The van der Waals surface area contributed by atoms with Gasteiger partial charge in [-0.3, -0.25) is 9.59 Å². The molecule has 114 valence electrons. The Morgan fingerprint density at radius 3 is 2.00 bits per heavy atom. The number of carboxylic acid groups (broad SMARTS) is 1. The highest BCUT2D eigenvalue weighted by Crippen LogP contribution is 2.13. The van der Waals surface area contributed by atoms with Crippen molar-refractivity contribution >= 4 is 11.9 Å². The van der Waals surface area contributed by atoms with Gasteiger partial charge in [0, 0.05) is 13.0 Å². The van der Waals surface area contributed by atoms with E-state index >= 15 is 0 Å². The number of carboxylic acids is 1. The third kappa shape index (κ3) is 5.05. The summed E-state index contributed by atoms with van der Waals surface area (Å²) in [4.78, 5) is 23.3. The molecule has 0 aliphatic rings. The number of amides is 1. The molecule has 0 saturated heterocycles. The van der Waals surface area contributed by atoms with Crippen LogP contribution in [-0.2, 0) is 22.6 Å². The summed E-state index contributed by atoms with van der Waals surface area (Å²) < 4.78 is 0. The fourth-order valence-corrected chi connectivity index (χ4v) is 2.24. The minimum Gasteiger partial charge on any atom is -0.481 e. The molecule has 1 unspecified atom stereocenters. The molecule has 0 spiro atoms. The summed E-state index contributed by atoms with van der Waals surface area (Å²) in [5.74, 6) is -1.90. The van der Waals surface area contributed by atoms with Crippen molar-refractivity contribution in [1.29, 1.82) is 0 Å². The van der Waals surface area contributed by atoms with Crippen LogP contribution in [0.4, 0.5) is 0 Å². The van der Waals surface area contributed by atoms with Crippen LogP contribution in [0.15, 0.2) is 60.7 Å². The van der Waals surface area contributed by atoms with Gasteiger partial charge < -0.3 is 10.4 Å². The maximum Gasteiger partial charge on any atom is 0.307 e. The lowest BCUT2D eigenvalue weighted by molar-refractivity contribution is -0.144. The van der Waals surface area contributed by atoms with Gasteiger partial charge in [-0.2, -0.15) is 0 Å². The van der Waals surface area contributed by atoms with Gasteiger partial charge in [-0.25, -0.2) is 0 Å². The molecule has 2 aromatic rings. The predicted octanol–water partition coefficient (Wildman–Crippen LogP) is 2.64. The maximum absolute atomic E-state index is 11.9. The van der Waals surface area contributed by atoms with Crippen LogP contribution in [0, 0.1) is 5.92 Å². The van der Waals surface area contributed by atoms with Crippen molar-refractivity contribution in [3.63, 3.8) is 0 Å². The third-order valence-electron chi connectivity index (χ3n) is 3.44. The minimum absolute atomic E-state index is 0.0168. The second kappa shape index (κ2) is 7.98. The number of aliphatic carboxylic acids is 1. The fourth-order valence-electron chi connectivity index (χ4n) is 2.24. The molecule has 0 aliphatic carbocycles. The van der Waals surface area contributed by atoms with Crippen molar-refractivity contribution in [2.45, 2.75) is 19.4 Å². The first-order valence-corrected chi connectivity index (χ1v) is 7.22. The molecular weight excluding hydrogens is 278 g/mol. The van der Waals surface area contributed by atoms with Crippen molar-refractivity contribution in [3.05, 3.63) is 71.8 Å². The molecule has 0 aliphatic heterocycles. The molecule has 4 nitrogen and oxygen atoms in total. The number of carbonyl (C=O) groups excluding carboxylic acids is 1. The second-order valence-corrected chi connectivity index (χ2v) is 5.19. The molecule has 4 heteroatoms. The molecule has 1 amide bonds. The smallest absolute Gasteiger partial charge is 0.307 e. The number of carbonyl (C=O) groups is 2. The van der Waals surface area contributed by atoms with Gasteiger partial charge in [-0.15, -0.1) is 0 Å². The largest absolute Gasteiger partial charge is 0.481 e. The predicted molar refractivity (Wildman–Crippen MR) is 84.2 cm³/mol. The summed E-state index contributed by atoms with van der Waals surface area (Å²) in [5, 5.41) is 12.1. The van der Waals surface area contributed by atoms with Crippen LogP contribution in [0.25, 0.3) is 0 Å². The van der Waals surface area contributed by atoms with Crippen LogP contribution in [0.2, 0.25) is 0 Å². The molecule has 0 saturated carbocycles. The van der Waals surface area contributed by atoms with Crippen LogP contribution in [0.3, 0.4) is 0 Å². The monoisotopic (exact) mass is 297 g/mol. The molecule has 2 rings (SSSR count). The van der Waals surface area contributed by atoms with Gasteiger partial charge in [-0.05, 0) is 17.5 Å². The Kier molecular flexibility index (Phi) is 5.72. The van der Waals surface area contributed by atoms with E-state index in [0.717, 1.165) is 11.1 Å². The zero-order chi connectivity index (χ0) is 15.8. The second-order valence-electron chi connectivity index (χ2n) is 5.19. The quantitative estimate of drug-likeness (QED) is 0.825. The highest BCUT2D eigenvalue weighted by atomic mass is 16.4. The summed E-state index contributed by atoms with van der Waals surface area (Å²) in [6, 6.07) is 18.9. The van der Waals surface area contributed by atoms with Crippen molar-refractivity contribution in [2.24, 2.45) is 5.92 Å². The number of rotatable bonds is 7. The standard InChI is InChI=1S/C18H19NO3/c20-17(19-13-15-9-5-2-6-10-15)12-16(18(21)22)11-14-7-3-1-4-8-14/h1-10,16H,11-13H2,(H,19,20)(H,21,22). The lowest BCUT2D eigenvalue weighted by Crippen LogP contribution is -2.29. The number of hydrogen-bond acceptors (Lipinski definition) is 2. The minimum atomic E-state index is -0.946. The van der Waals surface area contributed by atoms with Crippen molar-refractivity contribution in [1.82, 2.24) is 5.32 Å². The summed E-state index contributed by atoms with van der Waals surface area (Å²) in [6.07, 6.45) is 0.339. The Morgan fingerprint density at radius 1 is 0.909 bits per heavy atom. The third-order valence-corrected chi connectivity index (χ3v) is 3.44. The molecule has 0 heterocycles. The average molecular weight is 297 g/mol. The summed E-state index contributed by atoms with van der Waals surface area (Å²) in [6.45, 7) is 0.414. The van der Waals surface area contributed by atoms with E-state index in [1.807, 2.05) is 60.7 Å². The Hall–Kier alpha value is -2.62. The molecule has 2 N–H and O–H groups in total. The Bertz CT molecular complexity index is 611. The van der Waals surface area contributed by atoms with E-state index in [2.05, 4.69) is 5.32 Å². The Balaban J connectivity index is 1.88. The lowest BCUT2D eigenvalue weighted by atomic mass is 9.96. The lowest BCUT2D eigenvalue weighted by Gasteiger charge is -2.12. The highest BCUT2D eigenvalue weighted by molar-refractivity contribution is 5.82. The topological polar surface area (TPSA) is 66.4 Å². The van der Waals surface area contributed by atoms with Crippen LogP contribution < -0.4 is 5.32 Å². The normalized spacial score (nSPS) is 11.6. The SMILES string of the molecule is O=C(CC(Cc1ccccc1)C(=O)O)NCc1ccccc1. The zero-order valence-electron chi connectivity index (χ0n) is 12.2. The molecule has 0 bridgehead atoms. The van der Waals surface area contributed by atoms with Crippen LogP contribution >= 0.6 is 0 Å². The Labute approximate surface area is 129 Å². The van der Waals surface area contributed by atoms with Gasteiger partial charge in [0.2, 0.25) is 5.91 Å². The number of hydrogen-bond donors (Lipinski definition) is 2. The van der Waals surface area contributed by atoms with Crippen molar-refractivity contribution in [3.8, 4) is 0 Å². The van der Waals surface area contributed by atoms with Gasteiger partial charge in [0.25, 0.3) is 0 Å². The number of nitrogens with one attached hydrogen (secondary N) is 1. The van der Waals surface area contributed by atoms with E-state index < -0.39 is 11.9 Å². The van der Waals surface area contributed by atoms with E-state index in [1.54, 1.807) is 0 Å². The molecule has 0 aromatic heterocycles. The summed E-state index contributed by atoms with van der Waals surface area (Å²) in [5.41, 5.74) is 1.91. The van der Waals surface area contributed by atoms with E-state index in [4.69, 9.17) is 0 Å². The molecular formula is C18H19NO3.